The number of hydrogen-bond acceptors (Lipinski definition) is 2. The van der Waals surface area contributed by atoms with Gasteiger partial charge in [0.05, 0.1) is 0 Å². The Labute approximate surface area is 103 Å². The molecule has 0 spiro atoms. The number of nitrogens with one attached hydrogen (secondary N) is 1. The highest BCUT2D eigenvalue weighted by Crippen LogP contribution is 2.24. The molecule has 90 valence electrons. The van der Waals surface area contributed by atoms with E-state index in [1.165, 1.54) is 37.3 Å². The van der Waals surface area contributed by atoms with Crippen LogP contribution in [0.25, 0.3) is 0 Å². The molecule has 1 saturated heterocycles. The Bertz CT molecular complexity index is 303. The van der Waals surface area contributed by atoms with Gasteiger partial charge in [0.2, 0.25) is 0 Å². The molecule has 1 aliphatic rings. The second-order valence-electron chi connectivity index (χ2n) is 4.41. The number of nitrogens with zero attached hydrogens (tertiary/aromatic N) is 1. The predicted molar refractivity (Wildman–Crippen MR) is 71.9 cm³/mol. The van der Waals surface area contributed by atoms with Crippen LogP contribution in [-0.4, -0.2) is 22.1 Å². The Morgan fingerprint density at radius 3 is 3.19 bits per heavy atom. The smallest absolute Gasteiger partial charge is 0.0359 e. The third-order valence-electron chi connectivity index (χ3n) is 3.22. The van der Waals surface area contributed by atoms with Crippen LogP contribution >= 0.6 is 11.8 Å². The number of hydrogen-bond donors (Lipinski definition) is 1. The lowest BCUT2D eigenvalue weighted by atomic mass is 10.2. The van der Waals surface area contributed by atoms with E-state index in [0.717, 1.165) is 18.3 Å². The molecule has 1 atom stereocenters. The van der Waals surface area contributed by atoms with Gasteiger partial charge in [0.25, 0.3) is 0 Å². The first-order valence-corrected chi connectivity index (χ1v) is 7.41. The Hall–Kier alpha value is -0.410. The van der Waals surface area contributed by atoms with E-state index >= 15 is 0 Å². The van der Waals surface area contributed by atoms with Crippen molar-refractivity contribution >= 4 is 11.8 Å². The average molecular weight is 238 g/mol. The van der Waals surface area contributed by atoms with E-state index in [-0.39, 0.29) is 0 Å². The van der Waals surface area contributed by atoms with Crippen molar-refractivity contribution in [1.29, 1.82) is 0 Å². The van der Waals surface area contributed by atoms with E-state index in [0.29, 0.717) is 0 Å². The molecule has 0 bridgehead atoms. The fraction of sp³-hybridized carbons (Fsp3) is 0.692. The molecule has 16 heavy (non-hydrogen) atoms. The van der Waals surface area contributed by atoms with Crippen LogP contribution in [0.4, 0.5) is 0 Å². The lowest BCUT2D eigenvalue weighted by Crippen LogP contribution is -2.27. The first-order chi connectivity index (χ1) is 7.90. The second kappa shape index (κ2) is 6.36. The zero-order valence-corrected chi connectivity index (χ0v) is 10.9. The predicted octanol–water partition coefficient (Wildman–Crippen LogP) is 2.88. The van der Waals surface area contributed by atoms with Gasteiger partial charge in [0.15, 0.2) is 0 Å². The number of aryl methyl sites for hydroxylation is 1. The first-order valence-electron chi connectivity index (χ1n) is 6.36. The minimum Gasteiger partial charge on any atom is -0.351 e. The molecule has 0 aromatic carbocycles. The third-order valence-corrected chi connectivity index (χ3v) is 4.61. The molecule has 3 heteroatoms. The van der Waals surface area contributed by atoms with E-state index in [4.69, 9.17) is 0 Å². The van der Waals surface area contributed by atoms with Gasteiger partial charge >= 0.3 is 0 Å². The molecule has 2 rings (SSSR count). The zero-order valence-electron chi connectivity index (χ0n) is 10.1. The summed E-state index contributed by atoms with van der Waals surface area (Å²) in [5.74, 6) is 1.36. The van der Waals surface area contributed by atoms with E-state index in [9.17, 15) is 0 Å². The summed E-state index contributed by atoms with van der Waals surface area (Å²) in [6.45, 7) is 5.44. The van der Waals surface area contributed by atoms with Crippen molar-refractivity contribution in [3.8, 4) is 0 Å². The molecule has 1 fully saturated rings. The highest BCUT2D eigenvalue weighted by molar-refractivity contribution is 7.99. The van der Waals surface area contributed by atoms with Gasteiger partial charge in [0, 0.05) is 36.8 Å². The van der Waals surface area contributed by atoms with Gasteiger partial charge in [-0.15, -0.1) is 0 Å². The van der Waals surface area contributed by atoms with Crippen LogP contribution in [0.2, 0.25) is 0 Å². The number of aromatic nitrogens is 1. The molecule has 1 aromatic heterocycles. The van der Waals surface area contributed by atoms with E-state index in [1.807, 2.05) is 0 Å². The first kappa shape index (κ1) is 12.1. The monoisotopic (exact) mass is 238 g/mol. The average Bonchev–Trinajstić information content (AvgIpc) is 2.78. The summed E-state index contributed by atoms with van der Waals surface area (Å²) in [7, 11) is 0. The summed E-state index contributed by atoms with van der Waals surface area (Å²) in [6, 6.07) is 4.35. The summed E-state index contributed by atoms with van der Waals surface area (Å²) in [6.07, 6.45) is 6.39. The van der Waals surface area contributed by atoms with Gasteiger partial charge in [-0.05, 0) is 37.7 Å². The molecule has 2 heterocycles. The molecular formula is C13H22N2S. The van der Waals surface area contributed by atoms with Crippen LogP contribution in [0.15, 0.2) is 18.3 Å². The fourth-order valence-electron chi connectivity index (χ4n) is 2.25. The van der Waals surface area contributed by atoms with Crippen LogP contribution in [0.1, 0.15) is 31.9 Å². The lowest BCUT2D eigenvalue weighted by molar-refractivity contribution is 0.579. The lowest BCUT2D eigenvalue weighted by Gasteiger charge is -2.21. The van der Waals surface area contributed by atoms with Crippen molar-refractivity contribution in [2.75, 3.05) is 12.3 Å². The topological polar surface area (TPSA) is 17.0 Å². The molecule has 1 N–H and O–H groups in total. The van der Waals surface area contributed by atoms with Crippen LogP contribution < -0.4 is 5.32 Å². The van der Waals surface area contributed by atoms with E-state index < -0.39 is 0 Å². The summed E-state index contributed by atoms with van der Waals surface area (Å²) in [5, 5.41) is 4.44. The summed E-state index contributed by atoms with van der Waals surface area (Å²) in [4.78, 5) is 0. The Morgan fingerprint density at radius 2 is 2.44 bits per heavy atom. The molecule has 2 nitrogen and oxygen atoms in total. The van der Waals surface area contributed by atoms with Gasteiger partial charge in [-0.25, -0.2) is 0 Å². The maximum Gasteiger partial charge on any atom is 0.0359 e. The molecule has 0 amide bonds. The van der Waals surface area contributed by atoms with Crippen LogP contribution in [0.3, 0.4) is 0 Å². The van der Waals surface area contributed by atoms with Gasteiger partial charge in [-0.1, -0.05) is 6.42 Å². The van der Waals surface area contributed by atoms with Crippen LogP contribution in [0, 0.1) is 0 Å². The van der Waals surface area contributed by atoms with E-state index in [1.54, 1.807) is 0 Å². The fourth-order valence-corrected chi connectivity index (χ4v) is 3.52. The standard InChI is InChI=1S/C13H22N2S/c1-2-15-8-5-6-12(15)10-14-11-13-7-3-4-9-16-13/h5-6,8,13-14H,2-4,7,9-11H2,1H3. The van der Waals surface area contributed by atoms with Crippen molar-refractivity contribution in [3.63, 3.8) is 0 Å². The minimum atomic E-state index is 0.846. The number of thioether (sulfide) groups is 1. The molecule has 1 unspecified atom stereocenters. The van der Waals surface area contributed by atoms with E-state index in [2.05, 4.69) is 46.9 Å². The summed E-state index contributed by atoms with van der Waals surface area (Å²) < 4.78 is 2.31. The summed E-state index contributed by atoms with van der Waals surface area (Å²) >= 11 is 2.14. The number of rotatable bonds is 5. The second-order valence-corrected chi connectivity index (χ2v) is 5.81. The maximum absolute atomic E-state index is 3.59. The molecule has 0 saturated carbocycles. The van der Waals surface area contributed by atoms with Crippen molar-refractivity contribution < 1.29 is 0 Å². The van der Waals surface area contributed by atoms with Crippen molar-refractivity contribution in [3.05, 3.63) is 24.0 Å². The SMILES string of the molecule is CCn1cccc1CNCC1CCCCS1. The minimum absolute atomic E-state index is 0.846. The van der Waals surface area contributed by atoms with Gasteiger partial charge in [0.1, 0.15) is 0 Å². The highest BCUT2D eigenvalue weighted by Gasteiger charge is 2.13. The molecular weight excluding hydrogens is 216 g/mol. The maximum atomic E-state index is 3.59. The Kier molecular flexibility index (Phi) is 4.79. The Morgan fingerprint density at radius 1 is 1.50 bits per heavy atom. The van der Waals surface area contributed by atoms with Gasteiger partial charge in [-0.2, -0.15) is 11.8 Å². The summed E-state index contributed by atoms with van der Waals surface area (Å²) in [5.41, 5.74) is 1.41. The highest BCUT2D eigenvalue weighted by atomic mass is 32.2. The van der Waals surface area contributed by atoms with Crippen molar-refractivity contribution in [1.82, 2.24) is 9.88 Å². The van der Waals surface area contributed by atoms with Crippen molar-refractivity contribution in [2.24, 2.45) is 0 Å². The van der Waals surface area contributed by atoms with Crippen molar-refractivity contribution in [2.45, 2.75) is 44.5 Å². The molecule has 0 aliphatic carbocycles. The molecule has 0 radical (unpaired) electrons. The normalized spacial score (nSPS) is 21.2. The largest absolute Gasteiger partial charge is 0.351 e. The molecule has 1 aromatic rings. The Balaban J connectivity index is 1.71. The van der Waals surface area contributed by atoms with Crippen LogP contribution in [0.5, 0.6) is 0 Å². The van der Waals surface area contributed by atoms with Gasteiger partial charge < -0.3 is 9.88 Å². The third kappa shape index (κ3) is 3.29. The molecule has 1 aliphatic heterocycles. The van der Waals surface area contributed by atoms with Crippen LogP contribution in [-0.2, 0) is 13.1 Å². The zero-order chi connectivity index (χ0) is 11.2. The quantitative estimate of drug-likeness (QED) is 0.849. The van der Waals surface area contributed by atoms with Gasteiger partial charge in [-0.3, -0.25) is 0 Å².